The van der Waals surface area contributed by atoms with Gasteiger partial charge in [-0.15, -0.1) is 0 Å². The van der Waals surface area contributed by atoms with Gasteiger partial charge in [0.25, 0.3) is 0 Å². The first kappa shape index (κ1) is 26.6. The molecule has 0 amide bonds. The minimum atomic E-state index is -4.57. The van der Waals surface area contributed by atoms with E-state index in [-0.39, 0.29) is 17.7 Å². The third-order valence-corrected chi connectivity index (χ3v) is 7.17. The lowest BCUT2D eigenvalue weighted by Gasteiger charge is -2.37. The number of thiocarbonyl (C=S) groups is 1. The molecule has 2 aliphatic rings. The SMILES string of the molecule is N#Cc1ccc(N2CCN(C(=S)COC3CCC(Nc4ccc(C#N)c(C(F)(F)F)c4)CC3)CC2)cn1. The van der Waals surface area contributed by atoms with Gasteiger partial charge in [0.2, 0.25) is 0 Å². The van der Waals surface area contributed by atoms with Crippen LogP contribution in [0.5, 0.6) is 0 Å². The molecule has 37 heavy (non-hydrogen) atoms. The zero-order valence-corrected chi connectivity index (χ0v) is 21.0. The Morgan fingerprint density at radius 1 is 1.05 bits per heavy atom. The van der Waals surface area contributed by atoms with Crippen LogP contribution in [0.25, 0.3) is 0 Å². The van der Waals surface area contributed by atoms with Gasteiger partial charge in [-0.3, -0.25) is 0 Å². The van der Waals surface area contributed by atoms with Crippen molar-refractivity contribution < 1.29 is 17.9 Å². The van der Waals surface area contributed by atoms with Crippen LogP contribution in [0.1, 0.15) is 42.5 Å². The summed E-state index contributed by atoms with van der Waals surface area (Å²) in [7, 11) is 0. The molecular formula is C26H27F3N6OS. The molecule has 2 heterocycles. The van der Waals surface area contributed by atoms with Crippen molar-refractivity contribution in [2.45, 2.75) is 44.0 Å². The van der Waals surface area contributed by atoms with Crippen molar-refractivity contribution >= 4 is 28.6 Å². The Hall–Kier alpha value is -3.41. The van der Waals surface area contributed by atoms with Crippen LogP contribution in [-0.2, 0) is 10.9 Å². The molecule has 194 valence electrons. The Bertz CT molecular complexity index is 1170. The first-order valence-corrected chi connectivity index (χ1v) is 12.6. The van der Waals surface area contributed by atoms with E-state index in [9.17, 15) is 13.2 Å². The Balaban J connectivity index is 1.19. The summed E-state index contributed by atoms with van der Waals surface area (Å²) < 4.78 is 45.8. The van der Waals surface area contributed by atoms with E-state index in [0.717, 1.165) is 68.6 Å². The molecule has 4 rings (SSSR count). The van der Waals surface area contributed by atoms with Crippen LogP contribution in [-0.4, -0.2) is 59.8 Å². The highest BCUT2D eigenvalue weighted by Gasteiger charge is 2.34. The van der Waals surface area contributed by atoms with Gasteiger partial charge in [0.15, 0.2) is 0 Å². The minimum absolute atomic E-state index is 0.0469. The maximum atomic E-state index is 13.2. The Morgan fingerprint density at radius 2 is 1.78 bits per heavy atom. The van der Waals surface area contributed by atoms with E-state index in [4.69, 9.17) is 27.5 Å². The van der Waals surface area contributed by atoms with E-state index in [1.54, 1.807) is 18.3 Å². The summed E-state index contributed by atoms with van der Waals surface area (Å²) >= 11 is 5.61. The fraction of sp³-hybridized carbons (Fsp3) is 0.462. The van der Waals surface area contributed by atoms with Crippen molar-refractivity contribution in [3.05, 3.63) is 53.3 Å². The molecule has 0 unspecified atom stereocenters. The van der Waals surface area contributed by atoms with Gasteiger partial charge >= 0.3 is 6.18 Å². The maximum absolute atomic E-state index is 13.2. The predicted octanol–water partition coefficient (Wildman–Crippen LogP) is 4.73. The predicted molar refractivity (Wildman–Crippen MR) is 137 cm³/mol. The molecule has 0 bridgehead atoms. The topological polar surface area (TPSA) is 88.2 Å². The van der Waals surface area contributed by atoms with Gasteiger partial charge in [0.1, 0.15) is 16.8 Å². The number of nitriles is 2. The van der Waals surface area contributed by atoms with Gasteiger partial charge in [0, 0.05) is 37.9 Å². The van der Waals surface area contributed by atoms with Crippen molar-refractivity contribution in [3.8, 4) is 12.1 Å². The summed E-state index contributed by atoms with van der Waals surface area (Å²) in [5.74, 6) is 0. The number of piperazine rings is 1. The number of anilines is 2. The second-order valence-corrected chi connectivity index (χ2v) is 9.65. The highest BCUT2D eigenvalue weighted by atomic mass is 32.1. The van der Waals surface area contributed by atoms with E-state index in [1.165, 1.54) is 12.1 Å². The number of nitrogens with one attached hydrogen (secondary N) is 1. The number of hydrogen-bond donors (Lipinski definition) is 1. The average molecular weight is 529 g/mol. The van der Waals surface area contributed by atoms with Gasteiger partial charge in [-0.1, -0.05) is 12.2 Å². The van der Waals surface area contributed by atoms with Crippen molar-refractivity contribution in [3.63, 3.8) is 0 Å². The smallest absolute Gasteiger partial charge is 0.382 e. The van der Waals surface area contributed by atoms with Crippen molar-refractivity contribution in [1.29, 1.82) is 10.5 Å². The molecular weight excluding hydrogens is 501 g/mol. The largest absolute Gasteiger partial charge is 0.417 e. The summed E-state index contributed by atoms with van der Waals surface area (Å²) in [4.78, 5) is 9.27. The molecule has 11 heteroatoms. The number of nitrogens with zero attached hydrogens (tertiary/aromatic N) is 5. The number of benzene rings is 1. The monoisotopic (exact) mass is 528 g/mol. The van der Waals surface area contributed by atoms with Crippen molar-refractivity contribution in [1.82, 2.24) is 9.88 Å². The van der Waals surface area contributed by atoms with Crippen molar-refractivity contribution in [2.75, 3.05) is 43.0 Å². The fourth-order valence-electron chi connectivity index (χ4n) is 4.71. The molecule has 1 aromatic heterocycles. The zero-order valence-electron chi connectivity index (χ0n) is 20.2. The normalized spacial score (nSPS) is 20.1. The number of pyridine rings is 1. The second kappa shape index (κ2) is 11.8. The van der Waals surface area contributed by atoms with E-state index in [2.05, 4.69) is 20.1 Å². The molecule has 1 aliphatic carbocycles. The average Bonchev–Trinajstić information content (AvgIpc) is 2.92. The molecule has 1 saturated carbocycles. The molecule has 2 fully saturated rings. The highest BCUT2D eigenvalue weighted by molar-refractivity contribution is 7.80. The van der Waals surface area contributed by atoms with Crippen LogP contribution in [0.2, 0.25) is 0 Å². The Labute approximate surface area is 219 Å². The number of aromatic nitrogens is 1. The number of hydrogen-bond acceptors (Lipinski definition) is 7. The molecule has 1 aromatic carbocycles. The number of halogens is 3. The number of ether oxygens (including phenoxy) is 1. The van der Waals surface area contributed by atoms with E-state index in [0.29, 0.717) is 18.0 Å². The van der Waals surface area contributed by atoms with Gasteiger partial charge in [-0.05, 0) is 56.0 Å². The lowest BCUT2D eigenvalue weighted by molar-refractivity contribution is -0.137. The van der Waals surface area contributed by atoms with E-state index >= 15 is 0 Å². The Kier molecular flexibility index (Phi) is 8.47. The fourth-order valence-corrected chi connectivity index (χ4v) is 4.96. The summed E-state index contributed by atoms with van der Waals surface area (Å²) in [5, 5.41) is 21.0. The zero-order chi connectivity index (χ0) is 26.4. The maximum Gasteiger partial charge on any atom is 0.417 e. The molecule has 1 aliphatic heterocycles. The molecule has 0 spiro atoms. The lowest BCUT2D eigenvalue weighted by atomic mass is 9.92. The van der Waals surface area contributed by atoms with Gasteiger partial charge < -0.3 is 19.9 Å². The first-order chi connectivity index (χ1) is 17.8. The van der Waals surface area contributed by atoms with Gasteiger partial charge in [0.05, 0.1) is 41.8 Å². The van der Waals surface area contributed by atoms with Crippen LogP contribution < -0.4 is 10.2 Å². The highest BCUT2D eigenvalue weighted by Crippen LogP contribution is 2.34. The standard InChI is InChI=1S/C26H27F3N6OS/c27-26(28,29)24-13-20(2-1-18(24)14-30)33-19-4-7-23(8-5-19)36-17-25(37)35-11-9-34(10-12-35)22-6-3-21(15-31)32-16-22/h1-3,6,13,16,19,23,33H,4-5,7-12,17H2. The molecule has 7 nitrogen and oxygen atoms in total. The number of rotatable bonds is 6. The summed E-state index contributed by atoms with van der Waals surface area (Å²) in [6, 6.07) is 11.0. The minimum Gasteiger partial charge on any atom is -0.382 e. The van der Waals surface area contributed by atoms with E-state index in [1.807, 2.05) is 12.1 Å². The molecule has 0 radical (unpaired) electrons. The molecule has 1 N–H and O–H groups in total. The van der Waals surface area contributed by atoms with Gasteiger partial charge in [-0.2, -0.15) is 23.7 Å². The summed E-state index contributed by atoms with van der Waals surface area (Å²) in [6.45, 7) is 3.54. The van der Waals surface area contributed by atoms with Crippen LogP contribution in [0.15, 0.2) is 36.5 Å². The van der Waals surface area contributed by atoms with Crippen LogP contribution in [0, 0.1) is 22.7 Å². The third-order valence-electron chi connectivity index (χ3n) is 6.79. The van der Waals surface area contributed by atoms with Crippen LogP contribution in [0.4, 0.5) is 24.5 Å². The van der Waals surface area contributed by atoms with Gasteiger partial charge in [-0.25, -0.2) is 4.98 Å². The number of alkyl halides is 3. The summed E-state index contributed by atoms with van der Waals surface area (Å²) in [6.07, 6.45) is 0.349. The lowest BCUT2D eigenvalue weighted by Crippen LogP contribution is -2.49. The first-order valence-electron chi connectivity index (χ1n) is 12.1. The van der Waals surface area contributed by atoms with Crippen molar-refractivity contribution in [2.24, 2.45) is 0 Å². The summed E-state index contributed by atoms with van der Waals surface area (Å²) in [5.41, 5.74) is 0.462. The molecule has 1 saturated heterocycles. The third kappa shape index (κ3) is 6.88. The second-order valence-electron chi connectivity index (χ2n) is 9.18. The quantitative estimate of drug-likeness (QED) is 0.539. The van der Waals surface area contributed by atoms with Crippen LogP contribution in [0.3, 0.4) is 0 Å². The van der Waals surface area contributed by atoms with Crippen LogP contribution >= 0.6 is 12.2 Å². The Morgan fingerprint density at radius 3 is 2.38 bits per heavy atom. The molecule has 2 aromatic rings. The molecule has 0 atom stereocenters. The van der Waals surface area contributed by atoms with E-state index < -0.39 is 11.7 Å².